The molecule has 0 aliphatic carbocycles. The van der Waals surface area contributed by atoms with Crippen LogP contribution in [0.4, 0.5) is 5.69 Å². The number of aliphatic imine (C=N–C) groups is 1. The Morgan fingerprint density at radius 3 is 2.68 bits per heavy atom. The Hall–Kier alpha value is -1.36. The highest BCUT2D eigenvalue weighted by Crippen LogP contribution is 2.33. The number of phenols is 1. The quantitative estimate of drug-likeness (QED) is 0.188. The SMILES string of the molecule is Oc1c(I)cc(I)cc1C=Nc1ccc2oc(-c3cc(Cl)ccc3Cl)nc2c1. The molecule has 0 fully saturated rings. The van der Waals surface area contributed by atoms with Crippen LogP contribution in [0, 0.1) is 7.14 Å². The zero-order chi connectivity index (χ0) is 19.8. The molecule has 0 spiro atoms. The molecule has 1 heterocycles. The molecule has 0 unspecified atom stereocenters. The van der Waals surface area contributed by atoms with E-state index in [1.54, 1.807) is 30.5 Å². The van der Waals surface area contributed by atoms with E-state index in [2.05, 4.69) is 55.2 Å². The Morgan fingerprint density at radius 1 is 1.04 bits per heavy atom. The Bertz CT molecular complexity index is 1240. The van der Waals surface area contributed by atoms with Crippen molar-refractivity contribution in [2.75, 3.05) is 0 Å². The van der Waals surface area contributed by atoms with Gasteiger partial charge < -0.3 is 9.52 Å². The second kappa shape index (κ2) is 8.17. The number of hydrogen-bond donors (Lipinski definition) is 1. The van der Waals surface area contributed by atoms with Crippen LogP contribution in [0.25, 0.3) is 22.6 Å². The van der Waals surface area contributed by atoms with E-state index in [1.807, 2.05) is 24.3 Å². The lowest BCUT2D eigenvalue weighted by Crippen LogP contribution is -1.87. The standard InChI is InChI=1S/C20H10Cl2I2N2O2/c21-11-1-3-15(22)14(6-11)20-26-17-8-13(2-4-18(17)28-20)25-9-10-5-12(23)7-16(24)19(10)27/h1-9,27H. The molecule has 0 saturated carbocycles. The van der Waals surface area contributed by atoms with E-state index in [0.717, 1.165) is 7.14 Å². The summed E-state index contributed by atoms with van der Waals surface area (Å²) in [4.78, 5) is 8.97. The number of rotatable bonds is 3. The summed E-state index contributed by atoms with van der Waals surface area (Å²) in [5, 5.41) is 11.3. The van der Waals surface area contributed by atoms with Gasteiger partial charge in [-0.1, -0.05) is 23.2 Å². The molecule has 140 valence electrons. The Morgan fingerprint density at radius 2 is 1.86 bits per heavy atom. The minimum absolute atomic E-state index is 0.213. The first-order chi connectivity index (χ1) is 13.4. The van der Waals surface area contributed by atoms with Gasteiger partial charge in [0.25, 0.3) is 0 Å². The van der Waals surface area contributed by atoms with E-state index < -0.39 is 0 Å². The summed E-state index contributed by atoms with van der Waals surface area (Å²) in [6.07, 6.45) is 1.63. The largest absolute Gasteiger partial charge is 0.506 e. The maximum absolute atomic E-state index is 10.2. The third-order valence-corrected chi connectivity index (χ3v) is 5.95. The topological polar surface area (TPSA) is 58.6 Å². The van der Waals surface area contributed by atoms with Crippen molar-refractivity contribution in [3.05, 3.63) is 71.3 Å². The van der Waals surface area contributed by atoms with Gasteiger partial charge in [-0.3, -0.25) is 4.99 Å². The lowest BCUT2D eigenvalue weighted by Gasteiger charge is -2.02. The maximum Gasteiger partial charge on any atom is 0.228 e. The number of oxazole rings is 1. The maximum atomic E-state index is 10.2. The second-order valence-corrected chi connectivity index (χ2v) is 9.13. The van der Waals surface area contributed by atoms with Gasteiger partial charge in [-0.15, -0.1) is 0 Å². The van der Waals surface area contributed by atoms with Crippen molar-refractivity contribution >= 4 is 91.4 Å². The molecule has 4 aromatic rings. The summed E-state index contributed by atoms with van der Waals surface area (Å²) in [6, 6.07) is 14.3. The number of hydrogen-bond acceptors (Lipinski definition) is 4. The third-order valence-electron chi connectivity index (χ3n) is 3.94. The molecule has 0 atom stereocenters. The first kappa shape index (κ1) is 19.9. The van der Waals surface area contributed by atoms with Crippen molar-refractivity contribution in [1.82, 2.24) is 4.98 Å². The van der Waals surface area contributed by atoms with Crippen LogP contribution in [0.15, 0.2) is 57.9 Å². The molecular weight excluding hydrogens is 625 g/mol. The van der Waals surface area contributed by atoms with Crippen molar-refractivity contribution in [3.8, 4) is 17.2 Å². The molecule has 4 rings (SSSR count). The molecule has 0 radical (unpaired) electrons. The number of aromatic hydroxyl groups is 1. The number of nitrogens with zero attached hydrogens (tertiary/aromatic N) is 2. The number of aromatic nitrogens is 1. The van der Waals surface area contributed by atoms with Crippen LogP contribution in [0.1, 0.15) is 5.56 Å². The Labute approximate surface area is 197 Å². The van der Waals surface area contributed by atoms with Gasteiger partial charge in [0, 0.05) is 20.4 Å². The summed E-state index contributed by atoms with van der Waals surface area (Å²) in [6.45, 7) is 0. The molecule has 1 N–H and O–H groups in total. The Balaban J connectivity index is 1.70. The molecule has 4 nitrogen and oxygen atoms in total. The van der Waals surface area contributed by atoms with Crippen LogP contribution in [-0.4, -0.2) is 16.3 Å². The van der Waals surface area contributed by atoms with E-state index in [-0.39, 0.29) is 5.75 Å². The first-order valence-corrected chi connectivity index (χ1v) is 10.9. The van der Waals surface area contributed by atoms with E-state index in [0.29, 0.717) is 43.9 Å². The van der Waals surface area contributed by atoms with Crippen molar-refractivity contribution in [3.63, 3.8) is 0 Å². The van der Waals surface area contributed by atoms with Crippen molar-refractivity contribution < 1.29 is 9.52 Å². The fourth-order valence-corrected chi connectivity index (χ4v) is 4.86. The van der Waals surface area contributed by atoms with Gasteiger partial charge in [0.15, 0.2) is 5.58 Å². The van der Waals surface area contributed by atoms with Gasteiger partial charge in [-0.05, 0) is 93.7 Å². The summed E-state index contributed by atoms with van der Waals surface area (Å²) in [5.41, 5.74) is 3.26. The summed E-state index contributed by atoms with van der Waals surface area (Å²) >= 11 is 16.6. The number of fused-ring (bicyclic) bond motifs is 1. The van der Waals surface area contributed by atoms with Crippen LogP contribution in [0.2, 0.25) is 10.0 Å². The van der Waals surface area contributed by atoms with Crippen LogP contribution < -0.4 is 0 Å². The monoisotopic (exact) mass is 634 g/mol. The zero-order valence-electron chi connectivity index (χ0n) is 14.0. The zero-order valence-corrected chi connectivity index (χ0v) is 19.8. The van der Waals surface area contributed by atoms with E-state index in [1.165, 1.54) is 0 Å². The van der Waals surface area contributed by atoms with Gasteiger partial charge in [0.05, 0.1) is 19.8 Å². The van der Waals surface area contributed by atoms with Gasteiger partial charge in [0.1, 0.15) is 11.3 Å². The fraction of sp³-hybridized carbons (Fsp3) is 0. The first-order valence-electron chi connectivity index (χ1n) is 7.99. The lowest BCUT2D eigenvalue weighted by atomic mass is 10.2. The predicted octanol–water partition coefficient (Wildman–Crippen LogP) is 7.47. The molecule has 8 heteroatoms. The normalized spacial score (nSPS) is 11.6. The third kappa shape index (κ3) is 4.14. The van der Waals surface area contributed by atoms with Crippen LogP contribution in [-0.2, 0) is 0 Å². The molecule has 0 saturated heterocycles. The summed E-state index contributed by atoms with van der Waals surface area (Å²) in [5.74, 6) is 0.610. The summed E-state index contributed by atoms with van der Waals surface area (Å²) in [7, 11) is 0. The van der Waals surface area contributed by atoms with Gasteiger partial charge >= 0.3 is 0 Å². The second-order valence-electron chi connectivity index (χ2n) is 5.88. The highest BCUT2D eigenvalue weighted by atomic mass is 127. The highest BCUT2D eigenvalue weighted by Gasteiger charge is 2.13. The highest BCUT2D eigenvalue weighted by molar-refractivity contribution is 14.1. The number of phenolic OH excluding ortho intramolecular Hbond substituents is 1. The van der Waals surface area contributed by atoms with E-state index >= 15 is 0 Å². The molecule has 0 aliphatic rings. The molecule has 0 amide bonds. The van der Waals surface area contributed by atoms with Gasteiger partial charge in [-0.2, -0.15) is 0 Å². The van der Waals surface area contributed by atoms with Crippen molar-refractivity contribution in [2.45, 2.75) is 0 Å². The molecular formula is C20H10Cl2I2N2O2. The molecule has 28 heavy (non-hydrogen) atoms. The van der Waals surface area contributed by atoms with Crippen LogP contribution >= 0.6 is 68.4 Å². The van der Waals surface area contributed by atoms with Crippen LogP contribution in [0.3, 0.4) is 0 Å². The Kier molecular flexibility index (Phi) is 5.82. The molecule has 3 aromatic carbocycles. The van der Waals surface area contributed by atoms with E-state index in [4.69, 9.17) is 27.6 Å². The predicted molar refractivity (Wildman–Crippen MR) is 130 cm³/mol. The fourth-order valence-electron chi connectivity index (χ4n) is 2.60. The van der Waals surface area contributed by atoms with Crippen molar-refractivity contribution in [2.24, 2.45) is 4.99 Å². The lowest BCUT2D eigenvalue weighted by molar-refractivity contribution is 0.470. The van der Waals surface area contributed by atoms with Crippen LogP contribution in [0.5, 0.6) is 5.75 Å². The summed E-state index contributed by atoms with van der Waals surface area (Å²) < 4.78 is 7.61. The smallest absolute Gasteiger partial charge is 0.228 e. The average molecular weight is 635 g/mol. The minimum Gasteiger partial charge on any atom is -0.506 e. The molecule has 0 bridgehead atoms. The molecule has 1 aromatic heterocycles. The van der Waals surface area contributed by atoms with E-state index in [9.17, 15) is 5.11 Å². The van der Waals surface area contributed by atoms with Gasteiger partial charge in [0.2, 0.25) is 5.89 Å². The average Bonchev–Trinajstić information content (AvgIpc) is 3.08. The van der Waals surface area contributed by atoms with Gasteiger partial charge in [-0.25, -0.2) is 4.98 Å². The number of halogens is 4. The van der Waals surface area contributed by atoms with Crippen molar-refractivity contribution in [1.29, 1.82) is 0 Å². The number of benzene rings is 3. The minimum atomic E-state index is 0.213. The molecule has 0 aliphatic heterocycles.